The van der Waals surface area contributed by atoms with Crippen LogP contribution in [0.1, 0.15) is 24.3 Å². The molecule has 0 fully saturated rings. The maximum atomic E-state index is 11.8. The van der Waals surface area contributed by atoms with E-state index in [4.69, 9.17) is 14.6 Å². The summed E-state index contributed by atoms with van der Waals surface area (Å²) in [6.07, 6.45) is 0.152. The van der Waals surface area contributed by atoms with E-state index in [1.54, 1.807) is 30.3 Å². The molecular weight excluding hydrogens is 390 g/mol. The SMILES string of the molecule is CC(O)c1cc(=O)c(O)cn1-c1cccc(-c2cc(CC(=O)O)cc3c2OCO3)c1. The number of hydrogen-bond donors (Lipinski definition) is 3. The molecule has 3 aromatic rings. The lowest BCUT2D eigenvalue weighted by atomic mass is 9.99. The number of aliphatic carboxylic acids is 1. The molecular formula is C22H19NO7. The second-order valence-electron chi connectivity index (χ2n) is 6.99. The molecule has 1 aliphatic rings. The van der Waals surface area contributed by atoms with Crippen molar-refractivity contribution in [3.8, 4) is 34.1 Å². The van der Waals surface area contributed by atoms with Crippen LogP contribution in [0.4, 0.5) is 0 Å². The molecule has 30 heavy (non-hydrogen) atoms. The number of carboxylic acid groups (broad SMARTS) is 1. The van der Waals surface area contributed by atoms with Gasteiger partial charge in [-0.05, 0) is 42.3 Å². The number of aromatic hydroxyl groups is 1. The smallest absolute Gasteiger partial charge is 0.307 e. The molecule has 1 unspecified atom stereocenters. The van der Waals surface area contributed by atoms with Gasteiger partial charge in [-0.2, -0.15) is 0 Å². The highest BCUT2D eigenvalue weighted by Gasteiger charge is 2.22. The maximum Gasteiger partial charge on any atom is 0.307 e. The van der Waals surface area contributed by atoms with Crippen LogP contribution in [0.3, 0.4) is 0 Å². The predicted octanol–water partition coefficient (Wildman–Crippen LogP) is 2.62. The van der Waals surface area contributed by atoms with E-state index in [0.717, 1.165) is 5.56 Å². The van der Waals surface area contributed by atoms with Gasteiger partial charge < -0.3 is 29.4 Å². The largest absolute Gasteiger partial charge is 0.503 e. The fraction of sp³-hybridized carbons (Fsp3) is 0.182. The van der Waals surface area contributed by atoms with Gasteiger partial charge in [0.05, 0.1) is 24.4 Å². The fourth-order valence-electron chi connectivity index (χ4n) is 3.47. The van der Waals surface area contributed by atoms with Crippen LogP contribution in [-0.4, -0.2) is 32.6 Å². The average Bonchev–Trinajstić information content (AvgIpc) is 3.17. The Labute approximate surface area is 171 Å². The number of nitrogens with zero attached hydrogens (tertiary/aromatic N) is 1. The van der Waals surface area contributed by atoms with Gasteiger partial charge in [0, 0.05) is 17.3 Å². The zero-order chi connectivity index (χ0) is 21.4. The van der Waals surface area contributed by atoms with Crippen LogP contribution < -0.4 is 14.9 Å². The van der Waals surface area contributed by atoms with Crippen LogP contribution in [0.2, 0.25) is 0 Å². The van der Waals surface area contributed by atoms with Crippen LogP contribution in [0.25, 0.3) is 16.8 Å². The zero-order valence-corrected chi connectivity index (χ0v) is 16.0. The zero-order valence-electron chi connectivity index (χ0n) is 16.0. The molecule has 0 amide bonds. The number of aliphatic hydroxyl groups excluding tert-OH is 1. The molecule has 154 valence electrons. The van der Waals surface area contributed by atoms with Crippen molar-refractivity contribution in [1.29, 1.82) is 0 Å². The molecule has 2 aromatic carbocycles. The summed E-state index contributed by atoms with van der Waals surface area (Å²) in [6.45, 7) is 1.57. The van der Waals surface area contributed by atoms with Crippen LogP contribution in [0, 0.1) is 0 Å². The summed E-state index contributed by atoms with van der Waals surface area (Å²) in [5, 5.41) is 29.1. The second-order valence-corrected chi connectivity index (χ2v) is 6.99. The third kappa shape index (κ3) is 3.60. The van der Waals surface area contributed by atoms with E-state index in [1.807, 2.05) is 6.07 Å². The first-order valence-corrected chi connectivity index (χ1v) is 9.22. The summed E-state index contributed by atoms with van der Waals surface area (Å²) >= 11 is 0. The van der Waals surface area contributed by atoms with Crippen molar-refractivity contribution in [2.24, 2.45) is 0 Å². The summed E-state index contributed by atoms with van der Waals surface area (Å²) in [4.78, 5) is 23.0. The number of carbonyl (C=O) groups is 1. The first-order chi connectivity index (χ1) is 14.3. The van der Waals surface area contributed by atoms with Crippen molar-refractivity contribution < 1.29 is 29.6 Å². The lowest BCUT2D eigenvalue weighted by Gasteiger charge is -2.17. The third-order valence-corrected chi connectivity index (χ3v) is 4.81. The molecule has 8 heteroatoms. The lowest BCUT2D eigenvalue weighted by molar-refractivity contribution is -0.136. The molecule has 0 aliphatic carbocycles. The van der Waals surface area contributed by atoms with Gasteiger partial charge in [-0.1, -0.05) is 12.1 Å². The summed E-state index contributed by atoms with van der Waals surface area (Å²) in [5.41, 5.74) is 2.28. The first-order valence-electron chi connectivity index (χ1n) is 9.22. The summed E-state index contributed by atoms with van der Waals surface area (Å²) in [7, 11) is 0. The van der Waals surface area contributed by atoms with Gasteiger partial charge in [0.2, 0.25) is 12.2 Å². The highest BCUT2D eigenvalue weighted by atomic mass is 16.7. The minimum atomic E-state index is -0.959. The Balaban J connectivity index is 1.87. The molecule has 0 saturated heterocycles. The van der Waals surface area contributed by atoms with Crippen molar-refractivity contribution in [3.05, 3.63) is 70.1 Å². The minimum absolute atomic E-state index is 0.0400. The molecule has 0 bridgehead atoms. The molecule has 1 aliphatic heterocycles. The molecule has 2 heterocycles. The Hall–Kier alpha value is -3.78. The molecule has 8 nitrogen and oxygen atoms in total. The topological polar surface area (TPSA) is 118 Å². The fourth-order valence-corrected chi connectivity index (χ4v) is 3.47. The van der Waals surface area contributed by atoms with E-state index in [2.05, 4.69) is 0 Å². The number of aromatic nitrogens is 1. The minimum Gasteiger partial charge on any atom is -0.503 e. The number of benzene rings is 2. The maximum absolute atomic E-state index is 11.8. The second kappa shape index (κ2) is 7.57. The highest BCUT2D eigenvalue weighted by Crippen LogP contribution is 2.43. The molecule has 0 radical (unpaired) electrons. The molecule has 0 spiro atoms. The van der Waals surface area contributed by atoms with Crippen molar-refractivity contribution >= 4 is 5.97 Å². The van der Waals surface area contributed by atoms with E-state index in [9.17, 15) is 19.8 Å². The van der Waals surface area contributed by atoms with E-state index in [1.165, 1.54) is 23.8 Å². The Morgan fingerprint density at radius 3 is 2.73 bits per heavy atom. The number of rotatable bonds is 5. The molecule has 1 atom stereocenters. The van der Waals surface area contributed by atoms with E-state index >= 15 is 0 Å². The monoisotopic (exact) mass is 409 g/mol. The van der Waals surface area contributed by atoms with Gasteiger partial charge in [-0.25, -0.2) is 0 Å². The first kappa shape index (κ1) is 19.5. The predicted molar refractivity (Wildman–Crippen MR) is 107 cm³/mol. The Morgan fingerprint density at radius 2 is 2.00 bits per heavy atom. The molecule has 1 aromatic heterocycles. The molecule has 0 saturated carbocycles. The van der Waals surface area contributed by atoms with Crippen LogP contribution in [0.5, 0.6) is 17.2 Å². The van der Waals surface area contributed by atoms with E-state index in [-0.39, 0.29) is 13.2 Å². The number of aliphatic hydroxyl groups is 1. The van der Waals surface area contributed by atoms with Crippen LogP contribution >= 0.6 is 0 Å². The van der Waals surface area contributed by atoms with Gasteiger partial charge in [0.1, 0.15) is 0 Å². The number of hydrogen-bond acceptors (Lipinski definition) is 6. The highest BCUT2D eigenvalue weighted by molar-refractivity contribution is 5.79. The molecule has 4 rings (SSSR count). The molecule has 3 N–H and O–H groups in total. The quantitative estimate of drug-likeness (QED) is 0.593. The number of carboxylic acids is 1. The van der Waals surface area contributed by atoms with E-state index in [0.29, 0.717) is 34.0 Å². The van der Waals surface area contributed by atoms with Gasteiger partial charge in [-0.3, -0.25) is 9.59 Å². The van der Waals surface area contributed by atoms with Crippen molar-refractivity contribution in [3.63, 3.8) is 0 Å². The Kier molecular flexibility index (Phi) is 4.93. The van der Waals surface area contributed by atoms with Crippen molar-refractivity contribution in [2.75, 3.05) is 6.79 Å². The normalized spacial score (nSPS) is 13.3. The van der Waals surface area contributed by atoms with Crippen LogP contribution in [-0.2, 0) is 11.2 Å². The van der Waals surface area contributed by atoms with Crippen LogP contribution in [0.15, 0.2) is 53.5 Å². The van der Waals surface area contributed by atoms with Gasteiger partial charge in [0.15, 0.2) is 17.2 Å². The third-order valence-electron chi connectivity index (χ3n) is 4.81. The summed E-state index contributed by atoms with van der Waals surface area (Å²) in [5.74, 6) is -0.413. The van der Waals surface area contributed by atoms with Crippen molar-refractivity contribution in [1.82, 2.24) is 4.57 Å². The van der Waals surface area contributed by atoms with Gasteiger partial charge in [0.25, 0.3) is 0 Å². The summed E-state index contributed by atoms with van der Waals surface area (Å²) in [6, 6.07) is 11.7. The number of ether oxygens (including phenoxy) is 2. The lowest BCUT2D eigenvalue weighted by Crippen LogP contribution is -2.13. The summed E-state index contributed by atoms with van der Waals surface area (Å²) < 4.78 is 12.6. The van der Waals surface area contributed by atoms with Gasteiger partial charge >= 0.3 is 5.97 Å². The average molecular weight is 409 g/mol. The van der Waals surface area contributed by atoms with E-state index < -0.39 is 23.3 Å². The standard InChI is InChI=1S/C22H19NO7/c1-12(24)17-9-18(25)19(26)10-23(17)15-4-2-3-14(8-15)16-5-13(7-21(27)28)6-20-22(16)30-11-29-20/h2-6,8-10,12,24,26H,7,11H2,1H3,(H,27,28). The van der Waals surface area contributed by atoms with Crippen molar-refractivity contribution in [2.45, 2.75) is 19.4 Å². The van der Waals surface area contributed by atoms with Gasteiger partial charge in [-0.15, -0.1) is 0 Å². The number of pyridine rings is 1. The number of fused-ring (bicyclic) bond motifs is 1. The Bertz CT molecular complexity index is 1200. The Morgan fingerprint density at radius 1 is 1.20 bits per heavy atom.